The van der Waals surface area contributed by atoms with Gasteiger partial charge in [-0.3, -0.25) is 9.48 Å². The summed E-state index contributed by atoms with van der Waals surface area (Å²) in [6.45, 7) is 0.697. The van der Waals surface area contributed by atoms with Gasteiger partial charge in [0.1, 0.15) is 0 Å². The molecule has 7 heteroatoms. The van der Waals surface area contributed by atoms with E-state index in [1.807, 2.05) is 53.3 Å². The smallest absolute Gasteiger partial charge is 0.319 e. The summed E-state index contributed by atoms with van der Waals surface area (Å²) in [4.78, 5) is 25.0. The normalized spacial score (nSPS) is 12.7. The van der Waals surface area contributed by atoms with Crippen LogP contribution in [-0.2, 0) is 6.54 Å². The standard InChI is InChI=1S/C27H25N5O2/c33-26(29-21-10-12-22(13-11-21)30-27(34)31-23-14-15-23)25-5-2-1-4-24(25)20-8-6-19(7-9-20)18-32-17-3-16-28-32/h1-13,16-17,23H,14-15,18H2,(H,29,33)(H2,30,31,34). The van der Waals surface area contributed by atoms with Gasteiger partial charge in [-0.2, -0.15) is 5.10 Å². The number of aromatic nitrogens is 2. The lowest BCUT2D eigenvalue weighted by Crippen LogP contribution is -2.30. The van der Waals surface area contributed by atoms with Crippen LogP contribution in [-0.4, -0.2) is 27.8 Å². The fraction of sp³-hybridized carbons (Fsp3) is 0.148. The van der Waals surface area contributed by atoms with Gasteiger partial charge < -0.3 is 16.0 Å². The zero-order valence-electron chi connectivity index (χ0n) is 18.6. The quantitative estimate of drug-likeness (QED) is 0.364. The van der Waals surface area contributed by atoms with Gasteiger partial charge in [-0.05, 0) is 65.9 Å². The van der Waals surface area contributed by atoms with E-state index in [1.165, 1.54) is 0 Å². The Balaban J connectivity index is 1.26. The molecule has 0 unspecified atom stereocenters. The molecule has 1 aliphatic rings. The second-order valence-electron chi connectivity index (χ2n) is 8.35. The SMILES string of the molecule is O=C(Nc1ccc(NC(=O)c2ccccc2-c2ccc(Cn3cccn3)cc2)cc1)NC1CC1. The summed E-state index contributed by atoms with van der Waals surface area (Å²) < 4.78 is 1.87. The van der Waals surface area contributed by atoms with E-state index in [-0.39, 0.29) is 11.9 Å². The van der Waals surface area contributed by atoms with Crippen molar-refractivity contribution >= 4 is 23.3 Å². The number of nitrogens with one attached hydrogen (secondary N) is 3. The predicted molar refractivity (Wildman–Crippen MR) is 133 cm³/mol. The largest absolute Gasteiger partial charge is 0.335 e. The van der Waals surface area contributed by atoms with E-state index in [1.54, 1.807) is 30.5 Å². The van der Waals surface area contributed by atoms with Crippen molar-refractivity contribution < 1.29 is 9.59 Å². The summed E-state index contributed by atoms with van der Waals surface area (Å²) in [5, 5.41) is 12.9. The second-order valence-corrected chi connectivity index (χ2v) is 8.35. The number of urea groups is 1. The highest BCUT2D eigenvalue weighted by molar-refractivity contribution is 6.08. The van der Waals surface area contributed by atoms with Gasteiger partial charge in [0.2, 0.25) is 0 Å². The van der Waals surface area contributed by atoms with Crippen LogP contribution in [0.2, 0.25) is 0 Å². The van der Waals surface area contributed by atoms with Crippen molar-refractivity contribution in [1.82, 2.24) is 15.1 Å². The number of hydrogen-bond acceptors (Lipinski definition) is 3. The maximum atomic E-state index is 13.1. The lowest BCUT2D eigenvalue weighted by atomic mass is 9.98. The van der Waals surface area contributed by atoms with Crippen LogP contribution >= 0.6 is 0 Å². The van der Waals surface area contributed by atoms with Crippen LogP contribution in [0.3, 0.4) is 0 Å². The molecule has 3 N–H and O–H groups in total. The number of anilines is 2. The molecule has 0 atom stereocenters. The van der Waals surface area contributed by atoms with Gasteiger partial charge in [0.15, 0.2) is 0 Å². The van der Waals surface area contributed by atoms with Crippen LogP contribution in [0.4, 0.5) is 16.2 Å². The van der Waals surface area contributed by atoms with Crippen LogP contribution in [0, 0.1) is 0 Å². The van der Waals surface area contributed by atoms with Gasteiger partial charge in [0, 0.05) is 35.4 Å². The molecule has 3 aromatic carbocycles. The summed E-state index contributed by atoms with van der Waals surface area (Å²) >= 11 is 0. The molecule has 0 aliphatic heterocycles. The minimum Gasteiger partial charge on any atom is -0.335 e. The average molecular weight is 452 g/mol. The van der Waals surface area contributed by atoms with Crippen LogP contribution in [0.1, 0.15) is 28.8 Å². The Morgan fingerprint density at radius 3 is 2.24 bits per heavy atom. The van der Waals surface area contributed by atoms with Gasteiger partial charge in [-0.15, -0.1) is 0 Å². The van der Waals surface area contributed by atoms with Crippen LogP contribution in [0.25, 0.3) is 11.1 Å². The number of carbonyl (C=O) groups excluding carboxylic acids is 2. The lowest BCUT2D eigenvalue weighted by molar-refractivity contribution is 0.102. The Hall–Kier alpha value is -4.39. The molecule has 4 aromatic rings. The molecular formula is C27H25N5O2. The van der Waals surface area contributed by atoms with Crippen molar-refractivity contribution in [2.45, 2.75) is 25.4 Å². The highest BCUT2D eigenvalue weighted by Crippen LogP contribution is 2.26. The van der Waals surface area contributed by atoms with E-state index < -0.39 is 0 Å². The van der Waals surface area contributed by atoms with Gasteiger partial charge in [0.05, 0.1) is 6.54 Å². The first-order valence-corrected chi connectivity index (χ1v) is 11.3. The average Bonchev–Trinajstić information content (AvgIpc) is 3.52. The molecule has 1 heterocycles. The van der Waals surface area contributed by atoms with E-state index >= 15 is 0 Å². The zero-order valence-corrected chi connectivity index (χ0v) is 18.6. The lowest BCUT2D eigenvalue weighted by Gasteiger charge is -2.12. The number of amides is 3. The van der Waals surface area contributed by atoms with E-state index in [0.717, 1.165) is 29.5 Å². The third-order valence-electron chi connectivity index (χ3n) is 5.65. The van der Waals surface area contributed by atoms with Crippen LogP contribution in [0.5, 0.6) is 0 Å². The van der Waals surface area contributed by atoms with E-state index in [2.05, 4.69) is 33.2 Å². The van der Waals surface area contributed by atoms with Crippen LogP contribution < -0.4 is 16.0 Å². The van der Waals surface area contributed by atoms with Crippen molar-refractivity contribution in [2.75, 3.05) is 10.6 Å². The Kier molecular flexibility index (Phi) is 6.07. The van der Waals surface area contributed by atoms with Gasteiger partial charge in [-0.1, -0.05) is 42.5 Å². The first-order valence-electron chi connectivity index (χ1n) is 11.3. The number of hydrogen-bond donors (Lipinski definition) is 3. The molecule has 34 heavy (non-hydrogen) atoms. The van der Waals surface area contributed by atoms with Crippen molar-refractivity contribution in [3.63, 3.8) is 0 Å². The number of carbonyl (C=O) groups is 2. The Morgan fingerprint density at radius 1 is 0.853 bits per heavy atom. The third-order valence-corrected chi connectivity index (χ3v) is 5.65. The maximum absolute atomic E-state index is 13.1. The molecule has 0 radical (unpaired) electrons. The van der Waals surface area contributed by atoms with Crippen LogP contribution in [0.15, 0.2) is 91.3 Å². The van der Waals surface area contributed by atoms with Gasteiger partial charge in [-0.25, -0.2) is 4.79 Å². The number of nitrogens with zero attached hydrogens (tertiary/aromatic N) is 2. The minimum atomic E-state index is -0.205. The molecular weight excluding hydrogens is 426 g/mol. The molecule has 5 rings (SSSR count). The Bertz CT molecular complexity index is 1280. The molecule has 1 saturated carbocycles. The summed E-state index contributed by atoms with van der Waals surface area (Å²) in [7, 11) is 0. The molecule has 0 spiro atoms. The summed E-state index contributed by atoms with van der Waals surface area (Å²) in [6, 6.07) is 24.8. The Labute approximate surface area is 197 Å². The minimum absolute atomic E-state index is 0.191. The number of rotatable bonds is 7. The predicted octanol–water partition coefficient (Wildman–Crippen LogP) is 5.13. The summed E-state index contributed by atoms with van der Waals surface area (Å²) in [5.74, 6) is -0.191. The highest BCUT2D eigenvalue weighted by Gasteiger charge is 2.23. The van der Waals surface area contributed by atoms with Crippen molar-refractivity contribution in [1.29, 1.82) is 0 Å². The molecule has 1 aliphatic carbocycles. The Morgan fingerprint density at radius 2 is 1.56 bits per heavy atom. The topological polar surface area (TPSA) is 88.1 Å². The molecule has 0 bridgehead atoms. The monoisotopic (exact) mass is 451 g/mol. The first kappa shape index (κ1) is 21.5. The molecule has 1 aromatic heterocycles. The van der Waals surface area contributed by atoms with Gasteiger partial charge >= 0.3 is 6.03 Å². The third kappa shape index (κ3) is 5.32. The number of benzene rings is 3. The van der Waals surface area contributed by atoms with E-state index in [9.17, 15) is 9.59 Å². The zero-order chi connectivity index (χ0) is 23.3. The van der Waals surface area contributed by atoms with Crippen molar-refractivity contribution in [2.24, 2.45) is 0 Å². The molecule has 3 amide bonds. The summed E-state index contributed by atoms with van der Waals surface area (Å²) in [5.41, 5.74) is 4.88. The van der Waals surface area contributed by atoms with E-state index in [4.69, 9.17) is 0 Å². The molecule has 1 fully saturated rings. The summed E-state index contributed by atoms with van der Waals surface area (Å²) in [6.07, 6.45) is 5.77. The molecule has 0 saturated heterocycles. The maximum Gasteiger partial charge on any atom is 0.319 e. The fourth-order valence-electron chi connectivity index (χ4n) is 3.72. The van der Waals surface area contributed by atoms with E-state index in [0.29, 0.717) is 29.5 Å². The first-order chi connectivity index (χ1) is 16.6. The van der Waals surface area contributed by atoms with Gasteiger partial charge in [0.25, 0.3) is 5.91 Å². The second kappa shape index (κ2) is 9.62. The molecule has 7 nitrogen and oxygen atoms in total. The fourth-order valence-corrected chi connectivity index (χ4v) is 3.72. The van der Waals surface area contributed by atoms with Crippen molar-refractivity contribution in [3.8, 4) is 11.1 Å². The highest BCUT2D eigenvalue weighted by atomic mass is 16.2. The van der Waals surface area contributed by atoms with Crippen molar-refractivity contribution in [3.05, 3.63) is 102 Å². The molecule has 170 valence electrons.